The molecule has 0 spiro atoms. The van der Waals surface area contributed by atoms with Crippen LogP contribution in [0.5, 0.6) is 0 Å². The monoisotopic (exact) mass is 265 g/mol. The molecule has 0 heterocycles. The Morgan fingerprint density at radius 2 is 1.94 bits per heavy atom. The number of alkyl halides is 3. The number of anilines is 1. The van der Waals surface area contributed by atoms with Gasteiger partial charge in [-0.15, -0.1) is 0 Å². The number of hydrogen-bond acceptors (Lipinski definition) is 2. The second-order valence-corrected chi connectivity index (χ2v) is 3.98. The van der Waals surface area contributed by atoms with E-state index in [1.807, 2.05) is 0 Å². The van der Waals surface area contributed by atoms with Crippen LogP contribution in [0.15, 0.2) is 18.2 Å². The molecule has 1 aromatic rings. The van der Waals surface area contributed by atoms with E-state index in [4.69, 9.17) is 0 Å². The maximum absolute atomic E-state index is 13.6. The van der Waals surface area contributed by atoms with Crippen molar-refractivity contribution in [2.24, 2.45) is 0 Å². The van der Waals surface area contributed by atoms with E-state index < -0.39 is 24.6 Å². The van der Waals surface area contributed by atoms with Crippen LogP contribution in [-0.4, -0.2) is 24.4 Å². The highest BCUT2D eigenvalue weighted by Gasteiger charge is 2.31. The fraction of sp³-hybridized carbons (Fsp3) is 0.500. The molecular formula is C12H15F4NO. The van der Waals surface area contributed by atoms with Crippen LogP contribution in [0.4, 0.5) is 23.2 Å². The summed E-state index contributed by atoms with van der Waals surface area (Å²) in [7, 11) is 0. The number of benzene rings is 1. The van der Waals surface area contributed by atoms with E-state index in [1.54, 1.807) is 6.92 Å². The first-order chi connectivity index (χ1) is 8.26. The van der Waals surface area contributed by atoms with Gasteiger partial charge >= 0.3 is 6.18 Å². The van der Waals surface area contributed by atoms with E-state index in [9.17, 15) is 22.7 Å². The van der Waals surface area contributed by atoms with Crippen LogP contribution in [0.25, 0.3) is 0 Å². The largest absolute Gasteiger partial charge is 0.405 e. The van der Waals surface area contributed by atoms with Crippen LogP contribution >= 0.6 is 0 Å². The summed E-state index contributed by atoms with van der Waals surface area (Å²) < 4.78 is 50.8. The molecule has 0 aliphatic heterocycles. The van der Waals surface area contributed by atoms with Crippen molar-refractivity contribution in [2.75, 3.05) is 18.0 Å². The number of hydrogen-bond donors (Lipinski definition) is 1. The van der Waals surface area contributed by atoms with Gasteiger partial charge < -0.3 is 10.0 Å². The zero-order valence-corrected chi connectivity index (χ0v) is 10.1. The standard InChI is InChI=1S/C12H15F4NO/c1-3-17(7-12(14,15)16)10-6-4-5-9(13)11(10)8(2)18/h4-6,8,18H,3,7H2,1-2H3. The van der Waals surface area contributed by atoms with Gasteiger partial charge in [-0.2, -0.15) is 13.2 Å². The van der Waals surface area contributed by atoms with Crippen LogP contribution in [0.1, 0.15) is 25.5 Å². The Morgan fingerprint density at radius 1 is 1.33 bits per heavy atom. The first-order valence-corrected chi connectivity index (χ1v) is 5.54. The predicted molar refractivity (Wildman–Crippen MR) is 61.0 cm³/mol. The lowest BCUT2D eigenvalue weighted by molar-refractivity contribution is -0.119. The summed E-state index contributed by atoms with van der Waals surface area (Å²) in [6.07, 6.45) is -5.54. The molecule has 0 aromatic heterocycles. The van der Waals surface area contributed by atoms with Gasteiger partial charge in [0.1, 0.15) is 12.4 Å². The van der Waals surface area contributed by atoms with Crippen LogP contribution in [0.3, 0.4) is 0 Å². The van der Waals surface area contributed by atoms with Crippen LogP contribution < -0.4 is 4.90 Å². The normalized spacial score (nSPS) is 13.5. The average Bonchev–Trinajstić information content (AvgIpc) is 2.23. The summed E-state index contributed by atoms with van der Waals surface area (Å²) >= 11 is 0. The second kappa shape index (κ2) is 5.56. The molecular weight excluding hydrogens is 250 g/mol. The van der Waals surface area contributed by atoms with E-state index in [0.29, 0.717) is 0 Å². The molecule has 102 valence electrons. The van der Waals surface area contributed by atoms with Crippen LogP contribution in [0.2, 0.25) is 0 Å². The SMILES string of the molecule is CCN(CC(F)(F)F)c1cccc(F)c1C(C)O. The molecule has 1 N–H and O–H groups in total. The molecule has 1 rings (SSSR count). The van der Waals surface area contributed by atoms with Gasteiger partial charge in [-0.1, -0.05) is 6.07 Å². The van der Waals surface area contributed by atoms with E-state index in [-0.39, 0.29) is 17.8 Å². The summed E-state index contributed by atoms with van der Waals surface area (Å²) in [4.78, 5) is 0.991. The minimum absolute atomic E-state index is 0.0721. The van der Waals surface area contributed by atoms with Gasteiger partial charge in [0, 0.05) is 17.8 Å². The van der Waals surface area contributed by atoms with Gasteiger partial charge in [-0.3, -0.25) is 0 Å². The van der Waals surface area contributed by atoms with Crippen molar-refractivity contribution in [1.29, 1.82) is 0 Å². The minimum atomic E-state index is -4.38. The molecule has 0 amide bonds. The summed E-state index contributed by atoms with van der Waals surface area (Å²) in [5.41, 5.74) is -0.0339. The van der Waals surface area contributed by atoms with Gasteiger partial charge in [0.2, 0.25) is 0 Å². The molecule has 0 aliphatic rings. The summed E-state index contributed by atoms with van der Waals surface area (Å²) in [5.74, 6) is -0.705. The lowest BCUT2D eigenvalue weighted by Crippen LogP contribution is -2.35. The number of halogens is 4. The molecule has 0 bridgehead atoms. The highest BCUT2D eigenvalue weighted by molar-refractivity contribution is 5.55. The van der Waals surface area contributed by atoms with Crippen molar-refractivity contribution < 1.29 is 22.7 Å². The third-order valence-corrected chi connectivity index (χ3v) is 2.54. The molecule has 18 heavy (non-hydrogen) atoms. The lowest BCUT2D eigenvalue weighted by Gasteiger charge is -2.27. The van der Waals surface area contributed by atoms with Crippen molar-refractivity contribution >= 4 is 5.69 Å². The quantitative estimate of drug-likeness (QED) is 0.845. The van der Waals surface area contributed by atoms with Gasteiger partial charge in [0.15, 0.2) is 0 Å². The third-order valence-electron chi connectivity index (χ3n) is 2.54. The molecule has 0 saturated carbocycles. The fourth-order valence-corrected chi connectivity index (χ4v) is 1.80. The van der Waals surface area contributed by atoms with Gasteiger partial charge in [-0.25, -0.2) is 4.39 Å². The number of aliphatic hydroxyl groups is 1. The average molecular weight is 265 g/mol. The Morgan fingerprint density at radius 3 is 2.39 bits per heavy atom. The van der Waals surface area contributed by atoms with Crippen molar-refractivity contribution in [1.82, 2.24) is 0 Å². The molecule has 6 heteroatoms. The minimum Gasteiger partial charge on any atom is -0.389 e. The molecule has 0 aliphatic carbocycles. The maximum atomic E-state index is 13.6. The van der Waals surface area contributed by atoms with E-state index >= 15 is 0 Å². The summed E-state index contributed by atoms with van der Waals surface area (Å²) in [5, 5.41) is 9.48. The van der Waals surface area contributed by atoms with Gasteiger partial charge in [0.25, 0.3) is 0 Å². The maximum Gasteiger partial charge on any atom is 0.405 e. The fourth-order valence-electron chi connectivity index (χ4n) is 1.80. The highest BCUT2D eigenvalue weighted by Crippen LogP contribution is 2.30. The summed E-state index contributed by atoms with van der Waals surface area (Å²) in [6, 6.07) is 3.82. The second-order valence-electron chi connectivity index (χ2n) is 3.98. The zero-order chi connectivity index (χ0) is 13.9. The van der Waals surface area contributed by atoms with Crippen LogP contribution in [-0.2, 0) is 0 Å². The molecule has 0 fully saturated rings. The van der Waals surface area contributed by atoms with E-state index in [0.717, 1.165) is 11.0 Å². The first kappa shape index (κ1) is 14.8. The topological polar surface area (TPSA) is 23.5 Å². The third kappa shape index (κ3) is 3.60. The molecule has 1 aromatic carbocycles. The van der Waals surface area contributed by atoms with E-state index in [1.165, 1.54) is 19.1 Å². The van der Waals surface area contributed by atoms with Gasteiger partial charge in [-0.05, 0) is 26.0 Å². The number of nitrogens with zero attached hydrogens (tertiary/aromatic N) is 1. The Hall–Kier alpha value is -1.30. The lowest BCUT2D eigenvalue weighted by atomic mass is 10.1. The summed E-state index contributed by atoms with van der Waals surface area (Å²) in [6.45, 7) is 1.77. The Kier molecular flexibility index (Phi) is 4.56. The van der Waals surface area contributed by atoms with Crippen molar-refractivity contribution in [3.05, 3.63) is 29.6 Å². The van der Waals surface area contributed by atoms with Crippen molar-refractivity contribution in [3.63, 3.8) is 0 Å². The Labute approximate surface area is 103 Å². The first-order valence-electron chi connectivity index (χ1n) is 5.54. The molecule has 0 saturated heterocycles. The highest BCUT2D eigenvalue weighted by atomic mass is 19.4. The predicted octanol–water partition coefficient (Wildman–Crippen LogP) is 3.27. The Balaban J connectivity index is 3.17. The molecule has 0 radical (unpaired) electrons. The molecule has 1 atom stereocenters. The molecule has 1 unspecified atom stereocenters. The number of aliphatic hydroxyl groups excluding tert-OH is 1. The van der Waals surface area contributed by atoms with E-state index in [2.05, 4.69) is 0 Å². The molecule has 2 nitrogen and oxygen atoms in total. The van der Waals surface area contributed by atoms with Crippen molar-refractivity contribution in [2.45, 2.75) is 26.1 Å². The smallest absolute Gasteiger partial charge is 0.389 e. The Bertz CT molecular complexity index is 404. The zero-order valence-electron chi connectivity index (χ0n) is 10.1. The van der Waals surface area contributed by atoms with Crippen molar-refractivity contribution in [3.8, 4) is 0 Å². The van der Waals surface area contributed by atoms with Crippen LogP contribution in [0, 0.1) is 5.82 Å². The number of rotatable bonds is 4. The van der Waals surface area contributed by atoms with Gasteiger partial charge in [0.05, 0.1) is 6.10 Å².